The molecule has 0 saturated heterocycles. The van der Waals surface area contributed by atoms with Crippen molar-refractivity contribution in [3.63, 3.8) is 0 Å². The first kappa shape index (κ1) is 13.4. The van der Waals surface area contributed by atoms with E-state index in [0.29, 0.717) is 16.3 Å². The van der Waals surface area contributed by atoms with Crippen LogP contribution in [0.1, 0.15) is 27.0 Å². The maximum Gasteiger partial charge on any atom is 0.125 e. The maximum absolute atomic E-state index is 10.5. The number of thiophene rings is 1. The van der Waals surface area contributed by atoms with E-state index in [4.69, 9.17) is 16.3 Å². The van der Waals surface area contributed by atoms with Gasteiger partial charge < -0.3 is 9.84 Å². The topological polar surface area (TPSA) is 29.5 Å². The third-order valence-electron chi connectivity index (χ3n) is 2.81. The molecule has 0 saturated carbocycles. The van der Waals surface area contributed by atoms with Gasteiger partial charge in [-0.25, -0.2) is 0 Å². The summed E-state index contributed by atoms with van der Waals surface area (Å²) in [6.45, 7) is 4.03. The Bertz CT molecular complexity index is 563. The zero-order valence-electron chi connectivity index (χ0n) is 10.5. The summed E-state index contributed by atoms with van der Waals surface area (Å²) in [5.74, 6) is 0.650. The minimum atomic E-state index is -0.697. The van der Waals surface area contributed by atoms with Crippen LogP contribution in [-0.2, 0) is 0 Å². The lowest BCUT2D eigenvalue weighted by molar-refractivity contribution is 0.218. The molecule has 2 nitrogen and oxygen atoms in total. The third-order valence-corrected chi connectivity index (χ3v) is 4.25. The van der Waals surface area contributed by atoms with Gasteiger partial charge >= 0.3 is 0 Å². The van der Waals surface area contributed by atoms with E-state index in [1.807, 2.05) is 13.8 Å². The molecule has 18 heavy (non-hydrogen) atoms. The van der Waals surface area contributed by atoms with E-state index in [-0.39, 0.29) is 0 Å². The van der Waals surface area contributed by atoms with Crippen LogP contribution in [-0.4, -0.2) is 12.2 Å². The van der Waals surface area contributed by atoms with Crippen LogP contribution >= 0.6 is 22.9 Å². The van der Waals surface area contributed by atoms with Crippen molar-refractivity contribution in [3.8, 4) is 5.75 Å². The SMILES string of the molecule is COc1ccc(Cl)cc1C(O)c1sc(C)cc1C. The van der Waals surface area contributed by atoms with Gasteiger partial charge in [-0.2, -0.15) is 0 Å². The molecule has 0 aliphatic carbocycles. The Balaban J connectivity index is 2.48. The number of aliphatic hydroxyl groups is 1. The van der Waals surface area contributed by atoms with Crippen molar-refractivity contribution in [3.05, 3.63) is 50.2 Å². The molecule has 96 valence electrons. The number of rotatable bonds is 3. The monoisotopic (exact) mass is 282 g/mol. The Morgan fingerprint density at radius 2 is 2.00 bits per heavy atom. The molecule has 1 aromatic carbocycles. The molecule has 1 atom stereocenters. The fraction of sp³-hybridized carbons (Fsp3) is 0.286. The molecule has 1 heterocycles. The average Bonchev–Trinajstić information content (AvgIpc) is 2.67. The molecule has 0 spiro atoms. The van der Waals surface area contributed by atoms with Crippen LogP contribution in [0.3, 0.4) is 0 Å². The lowest BCUT2D eigenvalue weighted by Crippen LogP contribution is -2.01. The van der Waals surface area contributed by atoms with Gasteiger partial charge in [-0.15, -0.1) is 11.3 Å². The predicted octanol–water partition coefficient (Wildman–Crippen LogP) is 4.11. The Morgan fingerprint density at radius 3 is 2.56 bits per heavy atom. The number of aliphatic hydroxyl groups excluding tert-OH is 1. The fourth-order valence-electron chi connectivity index (χ4n) is 1.99. The minimum Gasteiger partial charge on any atom is -0.496 e. The molecule has 0 aliphatic rings. The number of aryl methyl sites for hydroxylation is 2. The first-order valence-electron chi connectivity index (χ1n) is 5.61. The molecule has 2 rings (SSSR count). The lowest BCUT2D eigenvalue weighted by Gasteiger charge is -2.15. The molecule has 1 N–H and O–H groups in total. The van der Waals surface area contributed by atoms with Crippen molar-refractivity contribution in [1.82, 2.24) is 0 Å². The molecule has 0 aliphatic heterocycles. The largest absolute Gasteiger partial charge is 0.496 e. The van der Waals surface area contributed by atoms with E-state index in [2.05, 4.69) is 6.07 Å². The number of hydrogen-bond acceptors (Lipinski definition) is 3. The van der Waals surface area contributed by atoms with Gasteiger partial charge in [0.1, 0.15) is 11.9 Å². The van der Waals surface area contributed by atoms with Gasteiger partial charge in [0.05, 0.1) is 7.11 Å². The zero-order valence-corrected chi connectivity index (χ0v) is 12.1. The number of ether oxygens (including phenoxy) is 1. The van der Waals surface area contributed by atoms with Crippen LogP contribution in [0.25, 0.3) is 0 Å². The summed E-state index contributed by atoms with van der Waals surface area (Å²) in [5.41, 5.74) is 1.79. The highest BCUT2D eigenvalue weighted by Gasteiger charge is 2.19. The van der Waals surface area contributed by atoms with Crippen molar-refractivity contribution >= 4 is 22.9 Å². The summed E-state index contributed by atoms with van der Waals surface area (Å²) >= 11 is 7.58. The molecule has 0 fully saturated rings. The van der Waals surface area contributed by atoms with Gasteiger partial charge in [-0.05, 0) is 43.7 Å². The molecule has 0 radical (unpaired) electrons. The van der Waals surface area contributed by atoms with Crippen molar-refractivity contribution in [2.45, 2.75) is 20.0 Å². The summed E-state index contributed by atoms with van der Waals surface area (Å²) in [6.07, 6.45) is -0.697. The molecular weight excluding hydrogens is 268 g/mol. The molecule has 4 heteroatoms. The van der Waals surface area contributed by atoms with Crippen LogP contribution in [0.2, 0.25) is 5.02 Å². The van der Waals surface area contributed by atoms with E-state index < -0.39 is 6.10 Å². The summed E-state index contributed by atoms with van der Waals surface area (Å²) in [6, 6.07) is 7.35. The third kappa shape index (κ3) is 2.53. The normalized spacial score (nSPS) is 12.5. The molecular formula is C14H15ClO2S. The highest BCUT2D eigenvalue weighted by molar-refractivity contribution is 7.12. The maximum atomic E-state index is 10.5. The first-order valence-corrected chi connectivity index (χ1v) is 6.80. The Hall–Kier alpha value is -1.03. The van der Waals surface area contributed by atoms with Crippen molar-refractivity contribution in [2.24, 2.45) is 0 Å². The van der Waals surface area contributed by atoms with E-state index in [1.165, 1.54) is 4.88 Å². The Morgan fingerprint density at radius 1 is 1.28 bits per heavy atom. The van der Waals surface area contributed by atoms with Gasteiger partial charge in [-0.1, -0.05) is 11.6 Å². The van der Waals surface area contributed by atoms with Gasteiger partial charge in [0.15, 0.2) is 0 Å². The molecule has 0 amide bonds. The number of halogens is 1. The molecule has 1 aromatic heterocycles. The van der Waals surface area contributed by atoms with Gasteiger partial charge in [0.2, 0.25) is 0 Å². The fourth-order valence-corrected chi connectivity index (χ4v) is 3.21. The van der Waals surface area contributed by atoms with Crippen LogP contribution in [0.4, 0.5) is 0 Å². The van der Waals surface area contributed by atoms with E-state index in [1.54, 1.807) is 36.6 Å². The van der Waals surface area contributed by atoms with Crippen LogP contribution in [0, 0.1) is 13.8 Å². The molecule has 1 unspecified atom stereocenters. The summed E-state index contributed by atoms with van der Waals surface area (Å²) < 4.78 is 5.28. The summed E-state index contributed by atoms with van der Waals surface area (Å²) in [7, 11) is 1.59. The van der Waals surface area contributed by atoms with Gasteiger partial charge in [0.25, 0.3) is 0 Å². The second kappa shape index (κ2) is 5.31. The van der Waals surface area contributed by atoms with Crippen molar-refractivity contribution < 1.29 is 9.84 Å². The van der Waals surface area contributed by atoms with Crippen LogP contribution < -0.4 is 4.74 Å². The number of benzene rings is 1. The average molecular weight is 283 g/mol. The minimum absolute atomic E-state index is 0.593. The van der Waals surface area contributed by atoms with E-state index in [9.17, 15) is 5.11 Å². The molecule has 2 aromatic rings. The van der Waals surface area contributed by atoms with E-state index >= 15 is 0 Å². The highest BCUT2D eigenvalue weighted by Crippen LogP contribution is 2.36. The summed E-state index contributed by atoms with van der Waals surface area (Å²) in [5, 5.41) is 11.1. The summed E-state index contributed by atoms with van der Waals surface area (Å²) in [4.78, 5) is 2.12. The van der Waals surface area contributed by atoms with Crippen molar-refractivity contribution in [1.29, 1.82) is 0 Å². The lowest BCUT2D eigenvalue weighted by atomic mass is 10.0. The molecule has 0 bridgehead atoms. The zero-order chi connectivity index (χ0) is 13.3. The van der Waals surface area contributed by atoms with Crippen LogP contribution in [0.15, 0.2) is 24.3 Å². The highest BCUT2D eigenvalue weighted by atomic mass is 35.5. The second-order valence-corrected chi connectivity index (χ2v) is 5.92. The standard InChI is InChI=1S/C14H15ClO2S/c1-8-6-9(2)18-14(8)13(16)11-7-10(15)4-5-12(11)17-3/h4-7,13,16H,1-3H3. The van der Waals surface area contributed by atoms with Crippen molar-refractivity contribution in [2.75, 3.05) is 7.11 Å². The number of hydrogen-bond donors (Lipinski definition) is 1. The second-order valence-electron chi connectivity index (χ2n) is 4.19. The number of methoxy groups -OCH3 is 1. The van der Waals surface area contributed by atoms with E-state index in [0.717, 1.165) is 10.4 Å². The Kier molecular flexibility index (Phi) is 3.95. The first-order chi connectivity index (χ1) is 8.52. The van der Waals surface area contributed by atoms with Gasteiger partial charge in [-0.3, -0.25) is 0 Å². The smallest absolute Gasteiger partial charge is 0.125 e. The predicted molar refractivity (Wildman–Crippen MR) is 75.9 cm³/mol. The van der Waals surface area contributed by atoms with Crippen LogP contribution in [0.5, 0.6) is 5.75 Å². The Labute approximate surface area is 116 Å². The quantitative estimate of drug-likeness (QED) is 0.918. The van der Waals surface area contributed by atoms with Gasteiger partial charge in [0, 0.05) is 20.3 Å².